The van der Waals surface area contributed by atoms with Crippen molar-refractivity contribution in [1.82, 2.24) is 10.2 Å². The van der Waals surface area contributed by atoms with Gasteiger partial charge in [-0.15, -0.1) is 0 Å². The SMILES string of the molecule is CCC1C(=O)NC(=O)CN1C(C)C(N)=S. The van der Waals surface area contributed by atoms with E-state index in [2.05, 4.69) is 5.32 Å². The Balaban J connectivity index is 2.87. The van der Waals surface area contributed by atoms with Crippen molar-refractivity contribution in [2.24, 2.45) is 5.73 Å². The van der Waals surface area contributed by atoms with Crippen LogP contribution in [0.2, 0.25) is 0 Å². The Morgan fingerprint density at radius 1 is 1.73 bits per heavy atom. The quantitative estimate of drug-likeness (QED) is 0.499. The highest BCUT2D eigenvalue weighted by Gasteiger charge is 2.35. The van der Waals surface area contributed by atoms with Crippen molar-refractivity contribution in [3.8, 4) is 0 Å². The maximum absolute atomic E-state index is 11.5. The monoisotopic (exact) mass is 229 g/mol. The van der Waals surface area contributed by atoms with Crippen LogP contribution in [0.5, 0.6) is 0 Å². The fourth-order valence-electron chi connectivity index (χ4n) is 1.68. The van der Waals surface area contributed by atoms with Gasteiger partial charge in [-0.2, -0.15) is 0 Å². The summed E-state index contributed by atoms with van der Waals surface area (Å²) in [7, 11) is 0. The van der Waals surface area contributed by atoms with Crippen LogP contribution in [0.3, 0.4) is 0 Å². The minimum atomic E-state index is -0.320. The minimum Gasteiger partial charge on any atom is -0.392 e. The molecular formula is C9H15N3O2S. The molecule has 0 aromatic heterocycles. The van der Waals surface area contributed by atoms with Crippen molar-refractivity contribution in [3.05, 3.63) is 0 Å². The molecule has 0 bridgehead atoms. The van der Waals surface area contributed by atoms with E-state index < -0.39 is 0 Å². The summed E-state index contributed by atoms with van der Waals surface area (Å²) in [6.45, 7) is 3.86. The van der Waals surface area contributed by atoms with E-state index in [1.54, 1.807) is 11.8 Å². The molecular weight excluding hydrogens is 214 g/mol. The van der Waals surface area contributed by atoms with Gasteiger partial charge < -0.3 is 5.73 Å². The molecule has 1 fully saturated rings. The van der Waals surface area contributed by atoms with E-state index in [1.807, 2.05) is 6.92 Å². The second-order valence-electron chi connectivity index (χ2n) is 3.59. The van der Waals surface area contributed by atoms with Crippen LogP contribution in [0, 0.1) is 0 Å². The van der Waals surface area contributed by atoms with Gasteiger partial charge in [0.15, 0.2) is 0 Å². The first-order valence-corrected chi connectivity index (χ1v) is 5.27. The Bertz CT molecular complexity index is 306. The predicted molar refractivity (Wildman–Crippen MR) is 60.2 cm³/mol. The summed E-state index contributed by atoms with van der Waals surface area (Å²) >= 11 is 4.87. The average molecular weight is 229 g/mol. The summed E-state index contributed by atoms with van der Waals surface area (Å²) in [6.07, 6.45) is 0.631. The second-order valence-corrected chi connectivity index (χ2v) is 4.06. The van der Waals surface area contributed by atoms with Crippen LogP contribution < -0.4 is 11.1 Å². The van der Waals surface area contributed by atoms with Gasteiger partial charge in [-0.1, -0.05) is 19.1 Å². The van der Waals surface area contributed by atoms with Crippen LogP contribution >= 0.6 is 12.2 Å². The molecule has 3 N–H and O–H groups in total. The number of amides is 2. The lowest BCUT2D eigenvalue weighted by atomic mass is 10.1. The van der Waals surface area contributed by atoms with E-state index in [9.17, 15) is 9.59 Å². The maximum Gasteiger partial charge on any atom is 0.243 e. The number of rotatable bonds is 3. The van der Waals surface area contributed by atoms with Crippen molar-refractivity contribution in [1.29, 1.82) is 0 Å². The molecule has 0 aromatic carbocycles. The molecule has 1 heterocycles. The topological polar surface area (TPSA) is 75.4 Å². The van der Waals surface area contributed by atoms with Gasteiger partial charge in [-0.25, -0.2) is 0 Å². The van der Waals surface area contributed by atoms with Gasteiger partial charge in [-0.05, 0) is 13.3 Å². The lowest BCUT2D eigenvalue weighted by molar-refractivity contribution is -0.140. The third-order valence-corrected chi connectivity index (χ3v) is 2.93. The van der Waals surface area contributed by atoms with E-state index >= 15 is 0 Å². The number of imide groups is 1. The zero-order valence-corrected chi connectivity index (χ0v) is 9.63. The van der Waals surface area contributed by atoms with Crippen LogP contribution in [-0.4, -0.2) is 40.3 Å². The standard InChI is InChI=1S/C9H15N3O2S/c1-3-6-9(14)11-7(13)4-12(6)5(2)8(10)15/h5-6H,3-4H2,1-2H3,(H2,10,15)(H,11,13,14). The molecule has 0 radical (unpaired) electrons. The summed E-state index contributed by atoms with van der Waals surface area (Å²) in [6, 6.07) is -0.556. The molecule has 1 aliphatic rings. The van der Waals surface area contributed by atoms with Gasteiger partial charge in [0.1, 0.15) is 0 Å². The largest absolute Gasteiger partial charge is 0.392 e. The zero-order chi connectivity index (χ0) is 11.6. The smallest absolute Gasteiger partial charge is 0.243 e. The van der Waals surface area contributed by atoms with Crippen molar-refractivity contribution in [2.45, 2.75) is 32.4 Å². The molecule has 2 amide bonds. The van der Waals surface area contributed by atoms with Crippen molar-refractivity contribution in [3.63, 3.8) is 0 Å². The second kappa shape index (κ2) is 4.67. The molecule has 2 unspecified atom stereocenters. The Kier molecular flexibility index (Phi) is 3.76. The van der Waals surface area contributed by atoms with Crippen LogP contribution in [0.1, 0.15) is 20.3 Å². The molecule has 0 aliphatic carbocycles. The normalized spacial score (nSPS) is 24.8. The Hall–Kier alpha value is -1.01. The lowest BCUT2D eigenvalue weighted by Gasteiger charge is -2.37. The molecule has 1 saturated heterocycles. The van der Waals surface area contributed by atoms with Gasteiger partial charge in [0.05, 0.1) is 23.6 Å². The number of carbonyl (C=O) groups excluding carboxylic acids is 2. The van der Waals surface area contributed by atoms with Gasteiger partial charge >= 0.3 is 0 Å². The molecule has 2 atom stereocenters. The highest BCUT2D eigenvalue weighted by Crippen LogP contribution is 2.13. The number of thiocarbonyl (C=S) groups is 1. The summed E-state index contributed by atoms with van der Waals surface area (Å²) < 4.78 is 0. The van der Waals surface area contributed by atoms with Crippen LogP contribution in [0.4, 0.5) is 0 Å². The predicted octanol–water partition coefficient (Wildman–Crippen LogP) is -0.602. The number of hydrogen-bond acceptors (Lipinski definition) is 4. The number of piperazine rings is 1. The molecule has 5 nitrogen and oxygen atoms in total. The van der Waals surface area contributed by atoms with Crippen LogP contribution in [-0.2, 0) is 9.59 Å². The molecule has 1 aliphatic heterocycles. The average Bonchev–Trinajstić information content (AvgIpc) is 2.15. The van der Waals surface area contributed by atoms with Crippen LogP contribution in [0.15, 0.2) is 0 Å². The molecule has 15 heavy (non-hydrogen) atoms. The summed E-state index contributed by atoms with van der Waals surface area (Å²) in [4.78, 5) is 24.8. The first-order valence-electron chi connectivity index (χ1n) is 4.86. The number of hydrogen-bond donors (Lipinski definition) is 2. The summed E-state index contributed by atoms with van der Waals surface area (Å²) in [5.74, 6) is -0.565. The first-order chi connectivity index (χ1) is 6.97. The van der Waals surface area contributed by atoms with Gasteiger partial charge in [0.25, 0.3) is 0 Å². The van der Waals surface area contributed by atoms with E-state index in [1.165, 1.54) is 0 Å². The summed E-state index contributed by atoms with van der Waals surface area (Å²) in [5, 5.41) is 2.30. The zero-order valence-electron chi connectivity index (χ0n) is 8.82. The molecule has 0 saturated carbocycles. The van der Waals surface area contributed by atoms with Gasteiger partial charge in [0, 0.05) is 0 Å². The molecule has 0 spiro atoms. The molecule has 1 rings (SSSR count). The molecule has 0 aromatic rings. The van der Waals surface area contributed by atoms with E-state index in [-0.39, 0.29) is 30.4 Å². The molecule has 84 valence electrons. The third-order valence-electron chi connectivity index (χ3n) is 2.59. The van der Waals surface area contributed by atoms with Crippen LogP contribution in [0.25, 0.3) is 0 Å². The van der Waals surface area contributed by atoms with Gasteiger partial charge in [-0.3, -0.25) is 19.8 Å². The van der Waals surface area contributed by atoms with E-state index in [0.29, 0.717) is 11.4 Å². The first kappa shape index (κ1) is 12.1. The molecule has 6 heteroatoms. The van der Waals surface area contributed by atoms with Crippen molar-refractivity contribution in [2.75, 3.05) is 6.54 Å². The number of nitrogens with zero attached hydrogens (tertiary/aromatic N) is 1. The van der Waals surface area contributed by atoms with Crippen molar-refractivity contribution >= 4 is 29.0 Å². The Morgan fingerprint density at radius 3 is 2.80 bits per heavy atom. The highest BCUT2D eigenvalue weighted by molar-refractivity contribution is 7.80. The van der Waals surface area contributed by atoms with Gasteiger partial charge in [0.2, 0.25) is 11.8 Å². The Labute approximate surface area is 94.0 Å². The number of nitrogens with two attached hydrogens (primary N) is 1. The minimum absolute atomic E-state index is 0.169. The summed E-state index contributed by atoms with van der Waals surface area (Å²) in [5.41, 5.74) is 5.52. The number of carbonyl (C=O) groups is 2. The van der Waals surface area contributed by atoms with Crippen molar-refractivity contribution < 1.29 is 9.59 Å². The van der Waals surface area contributed by atoms with E-state index in [0.717, 1.165) is 0 Å². The third kappa shape index (κ3) is 2.51. The van der Waals surface area contributed by atoms with E-state index in [4.69, 9.17) is 18.0 Å². The highest BCUT2D eigenvalue weighted by atomic mass is 32.1. The fourth-order valence-corrected chi connectivity index (χ4v) is 1.81. The maximum atomic E-state index is 11.5. The lowest BCUT2D eigenvalue weighted by Crippen LogP contribution is -2.62. The number of nitrogens with one attached hydrogen (secondary N) is 1. The Morgan fingerprint density at radius 2 is 2.33 bits per heavy atom. The fraction of sp³-hybridized carbons (Fsp3) is 0.667.